The number of amides is 1. The van der Waals surface area contributed by atoms with E-state index < -0.39 is 16.9 Å². The van der Waals surface area contributed by atoms with Crippen LogP contribution in [0.3, 0.4) is 0 Å². The summed E-state index contributed by atoms with van der Waals surface area (Å²) in [5.74, 6) is -0.796. The van der Waals surface area contributed by atoms with Crippen LogP contribution in [0.1, 0.15) is 13.8 Å². The van der Waals surface area contributed by atoms with Crippen molar-refractivity contribution in [3.8, 4) is 0 Å². The van der Waals surface area contributed by atoms with E-state index >= 15 is 0 Å². The van der Waals surface area contributed by atoms with Gasteiger partial charge >= 0.3 is 5.82 Å². The minimum Gasteiger partial charge on any atom is -0.368 e. The summed E-state index contributed by atoms with van der Waals surface area (Å²) in [6.07, 6.45) is 1.56. The number of carbonyl (C=O) groups excluding carboxylic acids is 1. The average Bonchev–Trinajstić information content (AvgIpc) is 2.82. The van der Waals surface area contributed by atoms with Crippen molar-refractivity contribution >= 4 is 33.8 Å². The fourth-order valence-electron chi connectivity index (χ4n) is 1.76. The number of nitrogens with two attached hydrogens (primary N) is 1. The van der Waals surface area contributed by atoms with Crippen LogP contribution < -0.4 is 11.1 Å². The van der Waals surface area contributed by atoms with E-state index in [9.17, 15) is 14.9 Å². The van der Waals surface area contributed by atoms with E-state index in [4.69, 9.17) is 5.73 Å². The minimum atomic E-state index is -0.705. The Kier molecular flexibility index (Phi) is 3.38. The van der Waals surface area contributed by atoms with E-state index in [1.807, 2.05) is 0 Å². The SMILES string of the molecule is CC(C)C(Nc1nc2sccn2c1[N+](=O)[O-])C(N)=O. The van der Waals surface area contributed by atoms with Crippen molar-refractivity contribution in [1.29, 1.82) is 0 Å². The maximum absolute atomic E-state index is 11.3. The third kappa shape index (κ3) is 2.36. The lowest BCUT2D eigenvalue weighted by Crippen LogP contribution is -2.39. The number of nitrogens with one attached hydrogen (secondary N) is 1. The van der Waals surface area contributed by atoms with Gasteiger partial charge in [0, 0.05) is 5.38 Å². The van der Waals surface area contributed by atoms with Crippen LogP contribution in [0.4, 0.5) is 11.6 Å². The molecule has 0 bridgehead atoms. The third-order valence-electron chi connectivity index (χ3n) is 2.68. The lowest BCUT2D eigenvalue weighted by Gasteiger charge is -2.18. The molecule has 19 heavy (non-hydrogen) atoms. The highest BCUT2D eigenvalue weighted by atomic mass is 32.1. The van der Waals surface area contributed by atoms with Crippen molar-refractivity contribution in [2.75, 3.05) is 5.32 Å². The Labute approximate surface area is 112 Å². The zero-order valence-electron chi connectivity index (χ0n) is 10.4. The van der Waals surface area contributed by atoms with Gasteiger partial charge < -0.3 is 21.2 Å². The van der Waals surface area contributed by atoms with Crippen molar-refractivity contribution in [3.63, 3.8) is 0 Å². The predicted octanol–water partition coefficient (Wildman–Crippen LogP) is 1.23. The predicted molar refractivity (Wildman–Crippen MR) is 71.2 cm³/mol. The van der Waals surface area contributed by atoms with E-state index in [1.165, 1.54) is 15.7 Å². The van der Waals surface area contributed by atoms with E-state index in [0.717, 1.165) is 0 Å². The molecule has 2 rings (SSSR count). The van der Waals surface area contributed by atoms with E-state index in [-0.39, 0.29) is 17.6 Å². The lowest BCUT2D eigenvalue weighted by atomic mass is 10.0. The molecule has 0 spiro atoms. The number of nitro groups is 1. The third-order valence-corrected chi connectivity index (χ3v) is 3.43. The summed E-state index contributed by atoms with van der Waals surface area (Å²) >= 11 is 1.27. The standard InChI is InChI=1S/C10H13N5O3S/c1-5(2)6(7(11)16)12-8-9(15(17)18)14-3-4-19-10(14)13-8/h3-6,12H,1-2H3,(H2,11,16). The molecule has 2 aromatic heterocycles. The number of fused-ring (bicyclic) bond motifs is 1. The van der Waals surface area contributed by atoms with E-state index in [0.29, 0.717) is 4.96 Å². The molecule has 0 radical (unpaired) electrons. The largest absolute Gasteiger partial charge is 0.372 e. The smallest absolute Gasteiger partial charge is 0.368 e. The first-order valence-electron chi connectivity index (χ1n) is 5.57. The molecule has 102 valence electrons. The van der Waals surface area contributed by atoms with Gasteiger partial charge in [0.15, 0.2) is 0 Å². The monoisotopic (exact) mass is 283 g/mol. The molecule has 0 aromatic carbocycles. The summed E-state index contributed by atoms with van der Waals surface area (Å²) in [7, 11) is 0. The average molecular weight is 283 g/mol. The number of primary amides is 1. The Bertz CT molecular complexity index is 632. The van der Waals surface area contributed by atoms with Crippen LogP contribution >= 0.6 is 11.3 Å². The van der Waals surface area contributed by atoms with Gasteiger partial charge in [-0.15, -0.1) is 0 Å². The van der Waals surface area contributed by atoms with Crippen LogP contribution in [-0.4, -0.2) is 26.3 Å². The normalized spacial score (nSPS) is 12.8. The molecule has 1 unspecified atom stereocenters. The van der Waals surface area contributed by atoms with Gasteiger partial charge in [0.1, 0.15) is 12.2 Å². The molecule has 0 saturated carbocycles. The van der Waals surface area contributed by atoms with Crippen LogP contribution in [0.15, 0.2) is 11.6 Å². The first kappa shape index (κ1) is 13.3. The summed E-state index contributed by atoms with van der Waals surface area (Å²) in [4.78, 5) is 26.5. The van der Waals surface area contributed by atoms with Gasteiger partial charge in [-0.2, -0.15) is 9.38 Å². The van der Waals surface area contributed by atoms with E-state index in [1.54, 1.807) is 25.4 Å². The van der Waals surface area contributed by atoms with Crippen LogP contribution in [-0.2, 0) is 4.79 Å². The van der Waals surface area contributed by atoms with E-state index in [2.05, 4.69) is 10.3 Å². The Balaban J connectivity index is 2.44. The van der Waals surface area contributed by atoms with Gasteiger partial charge in [0.25, 0.3) is 4.96 Å². The zero-order valence-corrected chi connectivity index (χ0v) is 11.2. The lowest BCUT2D eigenvalue weighted by molar-refractivity contribution is -0.389. The van der Waals surface area contributed by atoms with Crippen LogP contribution in [0.2, 0.25) is 0 Å². The fraction of sp³-hybridized carbons (Fsp3) is 0.400. The molecule has 1 atom stereocenters. The maximum atomic E-state index is 11.3. The number of thiazole rings is 1. The van der Waals surface area contributed by atoms with Crippen LogP contribution in [0.25, 0.3) is 4.96 Å². The molecule has 0 fully saturated rings. The quantitative estimate of drug-likeness (QED) is 0.632. The fourth-order valence-corrected chi connectivity index (χ4v) is 2.47. The second-order valence-electron chi connectivity index (χ2n) is 4.37. The molecule has 9 heteroatoms. The van der Waals surface area contributed by atoms with Crippen molar-refractivity contribution in [2.24, 2.45) is 11.7 Å². The first-order valence-corrected chi connectivity index (χ1v) is 6.45. The minimum absolute atomic E-state index is 0.0642. The Hall–Kier alpha value is -2.16. The summed E-state index contributed by atoms with van der Waals surface area (Å²) in [6, 6.07) is -0.705. The van der Waals surface area contributed by atoms with Gasteiger partial charge in [-0.3, -0.25) is 4.79 Å². The molecule has 0 aliphatic rings. The van der Waals surface area contributed by atoms with Crippen LogP contribution in [0, 0.1) is 16.0 Å². The topological polar surface area (TPSA) is 116 Å². The molecular formula is C10H13N5O3S. The number of imidazole rings is 1. The van der Waals surface area contributed by atoms with Gasteiger partial charge in [-0.05, 0) is 10.8 Å². The summed E-state index contributed by atoms with van der Waals surface area (Å²) in [5, 5.41) is 15.6. The van der Waals surface area contributed by atoms with Crippen LogP contribution in [0.5, 0.6) is 0 Å². The highest BCUT2D eigenvalue weighted by molar-refractivity contribution is 7.15. The van der Waals surface area contributed by atoms with Gasteiger partial charge in [0.2, 0.25) is 11.7 Å². The number of anilines is 1. The first-order chi connectivity index (χ1) is 8.91. The van der Waals surface area contributed by atoms with Crippen molar-refractivity contribution < 1.29 is 9.72 Å². The molecule has 0 saturated heterocycles. The number of aromatic nitrogens is 2. The van der Waals surface area contributed by atoms with Gasteiger partial charge in [0.05, 0.1) is 0 Å². The van der Waals surface area contributed by atoms with Crippen molar-refractivity contribution in [1.82, 2.24) is 9.38 Å². The molecular weight excluding hydrogens is 270 g/mol. The summed E-state index contributed by atoms with van der Waals surface area (Å²) in [6.45, 7) is 3.60. The summed E-state index contributed by atoms with van der Waals surface area (Å²) < 4.78 is 1.37. The number of carbonyl (C=O) groups is 1. The summed E-state index contributed by atoms with van der Waals surface area (Å²) in [5.41, 5.74) is 5.28. The number of nitrogens with zero attached hydrogens (tertiary/aromatic N) is 3. The van der Waals surface area contributed by atoms with Gasteiger partial charge in [-0.1, -0.05) is 25.2 Å². The van der Waals surface area contributed by atoms with Crippen molar-refractivity contribution in [2.45, 2.75) is 19.9 Å². The Morgan fingerprint density at radius 2 is 2.32 bits per heavy atom. The highest BCUT2D eigenvalue weighted by Gasteiger charge is 2.28. The molecule has 0 aliphatic carbocycles. The molecule has 2 heterocycles. The van der Waals surface area contributed by atoms with Crippen molar-refractivity contribution in [3.05, 3.63) is 21.7 Å². The number of hydrogen-bond acceptors (Lipinski definition) is 6. The molecule has 1 amide bonds. The number of hydrogen-bond donors (Lipinski definition) is 2. The second-order valence-corrected chi connectivity index (χ2v) is 5.24. The highest BCUT2D eigenvalue weighted by Crippen LogP contribution is 2.29. The Morgan fingerprint density at radius 3 is 2.84 bits per heavy atom. The molecule has 0 aliphatic heterocycles. The maximum Gasteiger partial charge on any atom is 0.372 e. The Morgan fingerprint density at radius 1 is 1.63 bits per heavy atom. The molecule has 2 aromatic rings. The molecule has 3 N–H and O–H groups in total. The molecule has 8 nitrogen and oxygen atoms in total. The number of rotatable bonds is 5. The zero-order chi connectivity index (χ0) is 14.2. The second kappa shape index (κ2) is 4.84. The van der Waals surface area contributed by atoms with Gasteiger partial charge in [-0.25, -0.2) is 0 Å².